The molecule has 0 saturated heterocycles. The van der Waals surface area contributed by atoms with E-state index in [1.807, 2.05) is 6.92 Å². The maximum absolute atomic E-state index is 13.5. The van der Waals surface area contributed by atoms with Crippen LogP contribution in [-0.2, 0) is 6.61 Å². The second kappa shape index (κ2) is 9.91. The van der Waals surface area contributed by atoms with Gasteiger partial charge in [0.05, 0.1) is 23.3 Å². The fourth-order valence-corrected chi connectivity index (χ4v) is 3.09. The largest absolute Gasteiger partial charge is 0.490 e. The lowest BCUT2D eigenvalue weighted by molar-refractivity contribution is 0.269. The molecule has 0 atom stereocenters. The van der Waals surface area contributed by atoms with Gasteiger partial charge in [0, 0.05) is 0 Å². The van der Waals surface area contributed by atoms with Crippen LogP contribution < -0.4 is 9.47 Å². The second-order valence-electron chi connectivity index (χ2n) is 6.36. The molecule has 0 saturated carbocycles. The Morgan fingerprint density at radius 1 is 1.03 bits per heavy atom. The molecule has 3 aromatic rings. The van der Waals surface area contributed by atoms with Crippen molar-refractivity contribution < 1.29 is 18.3 Å². The molecule has 0 amide bonds. The molecule has 0 spiro atoms. The molecule has 6 heteroatoms. The number of halogens is 3. The minimum atomic E-state index is -0.425. The molecular weight excluding hydrogens is 408 g/mol. The number of ether oxygens (including phenoxy) is 2. The average molecular weight is 426 g/mol. The van der Waals surface area contributed by atoms with Crippen molar-refractivity contribution in [3.8, 4) is 17.6 Å². The highest BCUT2D eigenvalue weighted by molar-refractivity contribution is 6.32. The molecule has 0 N–H and O–H groups in total. The summed E-state index contributed by atoms with van der Waals surface area (Å²) in [5.41, 5.74) is 2.13. The van der Waals surface area contributed by atoms with Crippen LogP contribution in [-0.4, -0.2) is 6.61 Å². The minimum absolute atomic E-state index is 0.183. The Hall–Kier alpha value is -3.36. The number of hydrogen-bond acceptors (Lipinski definition) is 3. The van der Waals surface area contributed by atoms with E-state index in [1.54, 1.807) is 42.5 Å². The zero-order valence-corrected chi connectivity index (χ0v) is 16.9. The molecule has 0 radical (unpaired) electrons. The average Bonchev–Trinajstić information content (AvgIpc) is 2.73. The van der Waals surface area contributed by atoms with E-state index < -0.39 is 5.82 Å². The minimum Gasteiger partial charge on any atom is -0.490 e. The second-order valence-corrected chi connectivity index (χ2v) is 6.77. The van der Waals surface area contributed by atoms with Gasteiger partial charge < -0.3 is 9.47 Å². The molecule has 152 valence electrons. The van der Waals surface area contributed by atoms with E-state index in [9.17, 15) is 14.0 Å². The molecule has 3 aromatic carbocycles. The van der Waals surface area contributed by atoms with E-state index in [0.717, 1.165) is 5.56 Å². The Kier molecular flexibility index (Phi) is 7.05. The van der Waals surface area contributed by atoms with Crippen molar-refractivity contribution in [3.63, 3.8) is 0 Å². The van der Waals surface area contributed by atoms with Crippen LogP contribution in [0.3, 0.4) is 0 Å². The number of rotatable bonds is 7. The van der Waals surface area contributed by atoms with Crippen molar-refractivity contribution in [2.75, 3.05) is 6.61 Å². The molecule has 3 rings (SSSR count). The summed E-state index contributed by atoms with van der Waals surface area (Å²) in [6.45, 7) is 2.39. The molecule has 0 heterocycles. The summed E-state index contributed by atoms with van der Waals surface area (Å²) in [7, 11) is 0. The zero-order chi connectivity index (χ0) is 21.5. The Morgan fingerprint density at radius 3 is 2.47 bits per heavy atom. The predicted octanol–water partition coefficient (Wildman–Crippen LogP) is 6.66. The fourth-order valence-electron chi connectivity index (χ4n) is 2.81. The fraction of sp³-hybridized carbons (Fsp3) is 0.125. The van der Waals surface area contributed by atoms with Gasteiger partial charge in [-0.1, -0.05) is 35.9 Å². The number of nitrogens with zero attached hydrogens (tertiary/aromatic N) is 1. The first-order chi connectivity index (χ1) is 14.5. The van der Waals surface area contributed by atoms with Gasteiger partial charge in [-0.2, -0.15) is 5.26 Å². The van der Waals surface area contributed by atoms with Gasteiger partial charge >= 0.3 is 0 Å². The highest BCUT2D eigenvalue weighted by Gasteiger charge is 2.13. The van der Waals surface area contributed by atoms with Crippen LogP contribution in [0.15, 0.2) is 60.7 Å². The molecule has 0 aliphatic carbocycles. The number of benzene rings is 3. The van der Waals surface area contributed by atoms with Crippen molar-refractivity contribution in [1.82, 2.24) is 0 Å². The lowest BCUT2D eigenvalue weighted by atomic mass is 10.0. The molecule has 0 aliphatic rings. The molecule has 0 unspecified atom stereocenters. The normalized spacial score (nSPS) is 11.1. The van der Waals surface area contributed by atoms with Crippen LogP contribution >= 0.6 is 11.6 Å². The smallest absolute Gasteiger partial charge is 0.180 e. The zero-order valence-electron chi connectivity index (χ0n) is 16.2. The highest BCUT2D eigenvalue weighted by Crippen LogP contribution is 2.38. The van der Waals surface area contributed by atoms with Gasteiger partial charge in [0.2, 0.25) is 0 Å². The molecule has 30 heavy (non-hydrogen) atoms. The van der Waals surface area contributed by atoms with Gasteiger partial charge in [0.25, 0.3) is 0 Å². The van der Waals surface area contributed by atoms with Crippen LogP contribution in [0.4, 0.5) is 8.78 Å². The van der Waals surface area contributed by atoms with Crippen LogP contribution in [0.25, 0.3) is 11.6 Å². The van der Waals surface area contributed by atoms with E-state index in [0.29, 0.717) is 34.3 Å². The summed E-state index contributed by atoms with van der Waals surface area (Å²) < 4.78 is 38.1. The molecule has 0 bridgehead atoms. The monoisotopic (exact) mass is 425 g/mol. The molecule has 0 aromatic heterocycles. The van der Waals surface area contributed by atoms with Crippen LogP contribution in [0.1, 0.15) is 23.6 Å². The predicted molar refractivity (Wildman–Crippen MR) is 113 cm³/mol. The number of allylic oxidation sites excluding steroid dienone is 1. The van der Waals surface area contributed by atoms with E-state index in [2.05, 4.69) is 6.07 Å². The Labute approximate surface area is 178 Å². The number of hydrogen-bond donors (Lipinski definition) is 0. The molecule has 0 aliphatic heterocycles. The van der Waals surface area contributed by atoms with E-state index >= 15 is 0 Å². The summed E-state index contributed by atoms with van der Waals surface area (Å²) in [5.74, 6) is 0.0138. The van der Waals surface area contributed by atoms with Crippen LogP contribution in [0.5, 0.6) is 11.5 Å². The maximum Gasteiger partial charge on any atom is 0.180 e. The maximum atomic E-state index is 13.5. The molecule has 3 nitrogen and oxygen atoms in total. The number of nitriles is 1. The van der Waals surface area contributed by atoms with Crippen LogP contribution in [0.2, 0.25) is 5.02 Å². The van der Waals surface area contributed by atoms with Crippen molar-refractivity contribution in [3.05, 3.63) is 94.0 Å². The Bertz CT molecular complexity index is 1110. The van der Waals surface area contributed by atoms with E-state index in [4.69, 9.17) is 21.1 Å². The van der Waals surface area contributed by atoms with Crippen molar-refractivity contribution >= 4 is 23.3 Å². The third kappa shape index (κ3) is 5.37. The summed E-state index contributed by atoms with van der Waals surface area (Å²) in [4.78, 5) is 0. The van der Waals surface area contributed by atoms with Gasteiger partial charge in [-0.25, -0.2) is 8.78 Å². The van der Waals surface area contributed by atoms with E-state index in [-0.39, 0.29) is 18.0 Å². The molecule has 0 fully saturated rings. The highest BCUT2D eigenvalue weighted by atomic mass is 35.5. The van der Waals surface area contributed by atoms with Gasteiger partial charge in [-0.15, -0.1) is 0 Å². The van der Waals surface area contributed by atoms with Gasteiger partial charge in [-0.3, -0.25) is 0 Å². The Morgan fingerprint density at radius 2 is 1.80 bits per heavy atom. The summed E-state index contributed by atoms with van der Waals surface area (Å²) in [6, 6.07) is 17.2. The van der Waals surface area contributed by atoms with Crippen LogP contribution in [0, 0.1) is 23.0 Å². The Balaban J connectivity index is 1.92. The van der Waals surface area contributed by atoms with Gasteiger partial charge in [-0.05, 0) is 66.1 Å². The SMILES string of the molecule is CCOc1cc(/C=C(/C#N)c2cccc(F)c2)cc(Cl)c1OCc1ccc(F)cc1. The lowest BCUT2D eigenvalue weighted by Gasteiger charge is -2.15. The van der Waals surface area contributed by atoms with Gasteiger partial charge in [0.15, 0.2) is 11.5 Å². The topological polar surface area (TPSA) is 42.2 Å². The summed E-state index contributed by atoms with van der Waals surface area (Å²) in [6.07, 6.45) is 1.60. The molecular formula is C24H18ClF2NO2. The lowest BCUT2D eigenvalue weighted by Crippen LogP contribution is -2.01. The quantitative estimate of drug-likeness (QED) is 0.314. The summed E-state index contributed by atoms with van der Waals surface area (Å²) >= 11 is 6.42. The third-order valence-corrected chi connectivity index (χ3v) is 4.48. The van der Waals surface area contributed by atoms with Crippen molar-refractivity contribution in [2.24, 2.45) is 0 Å². The third-order valence-electron chi connectivity index (χ3n) is 4.20. The summed E-state index contributed by atoms with van der Waals surface area (Å²) in [5, 5.41) is 9.80. The first-order valence-corrected chi connectivity index (χ1v) is 9.59. The standard InChI is InChI=1S/C24H18ClF2NO2/c1-2-29-23-12-17(10-19(14-28)18-4-3-5-21(27)13-18)11-22(25)24(23)30-15-16-6-8-20(26)9-7-16/h3-13H,2,15H2,1H3/b19-10-. The van der Waals surface area contributed by atoms with Crippen molar-refractivity contribution in [1.29, 1.82) is 5.26 Å². The first kappa shape index (κ1) is 21.4. The van der Waals surface area contributed by atoms with E-state index in [1.165, 1.54) is 24.3 Å². The van der Waals surface area contributed by atoms with Crippen molar-refractivity contribution in [2.45, 2.75) is 13.5 Å². The van der Waals surface area contributed by atoms with Gasteiger partial charge in [0.1, 0.15) is 18.2 Å². The first-order valence-electron chi connectivity index (χ1n) is 9.21.